The molecule has 150 valence electrons. The molecule has 3 aromatic rings. The number of aliphatic hydroxyl groups is 1. The molecular weight excluding hydrogens is 384 g/mol. The molecule has 28 heavy (non-hydrogen) atoms. The third-order valence-electron chi connectivity index (χ3n) is 4.24. The average Bonchev–Trinajstić information content (AvgIpc) is 3.00. The molecule has 0 aliphatic heterocycles. The molecule has 1 heterocycles. The standard InChI is InChI=1S/C19H22N2O6S/c1-3-21-17-9-8-16(10-18(17)27-19(21)23)28(24,25)20-11-14(22)12-26-15-6-4-13(2)5-7-15/h4-10,14,20,22H,3,11-12H2,1-2H3. The third kappa shape index (κ3) is 4.44. The van der Waals surface area contributed by atoms with Crippen molar-refractivity contribution in [2.45, 2.75) is 31.4 Å². The zero-order valence-electron chi connectivity index (χ0n) is 15.6. The summed E-state index contributed by atoms with van der Waals surface area (Å²) in [6.45, 7) is 3.89. The molecule has 1 aromatic heterocycles. The van der Waals surface area contributed by atoms with E-state index in [1.54, 1.807) is 19.1 Å². The molecule has 2 N–H and O–H groups in total. The van der Waals surface area contributed by atoms with Gasteiger partial charge in [0, 0.05) is 19.2 Å². The predicted molar refractivity (Wildman–Crippen MR) is 104 cm³/mol. The second-order valence-corrected chi connectivity index (χ2v) is 8.14. The number of benzene rings is 2. The van der Waals surface area contributed by atoms with Gasteiger partial charge in [0.2, 0.25) is 10.0 Å². The van der Waals surface area contributed by atoms with E-state index in [4.69, 9.17) is 9.15 Å². The van der Waals surface area contributed by atoms with Crippen molar-refractivity contribution in [2.75, 3.05) is 13.2 Å². The summed E-state index contributed by atoms with van der Waals surface area (Å²) in [5.41, 5.74) is 1.80. The van der Waals surface area contributed by atoms with Gasteiger partial charge < -0.3 is 14.3 Å². The first-order valence-corrected chi connectivity index (χ1v) is 10.3. The van der Waals surface area contributed by atoms with Crippen LogP contribution >= 0.6 is 0 Å². The lowest BCUT2D eigenvalue weighted by Gasteiger charge is -2.13. The first-order valence-electron chi connectivity index (χ1n) is 8.80. The molecule has 0 aliphatic rings. The molecule has 0 saturated heterocycles. The molecule has 8 nitrogen and oxygen atoms in total. The van der Waals surface area contributed by atoms with E-state index in [1.165, 1.54) is 22.8 Å². The van der Waals surface area contributed by atoms with Gasteiger partial charge in [0.1, 0.15) is 18.5 Å². The predicted octanol–water partition coefficient (Wildman–Crippen LogP) is 1.64. The maximum atomic E-state index is 12.5. The lowest BCUT2D eigenvalue weighted by Crippen LogP contribution is -2.35. The molecule has 2 aromatic carbocycles. The van der Waals surface area contributed by atoms with Crippen LogP contribution in [0.5, 0.6) is 5.75 Å². The Balaban J connectivity index is 1.63. The molecule has 1 unspecified atom stereocenters. The molecule has 0 fully saturated rings. The van der Waals surface area contributed by atoms with Crippen molar-refractivity contribution >= 4 is 21.1 Å². The van der Waals surface area contributed by atoms with E-state index in [1.807, 2.05) is 19.1 Å². The second-order valence-electron chi connectivity index (χ2n) is 6.37. The largest absolute Gasteiger partial charge is 0.491 e. The Hall–Kier alpha value is -2.62. The number of sulfonamides is 1. The molecule has 0 saturated carbocycles. The Bertz CT molecular complexity index is 1120. The highest BCUT2D eigenvalue weighted by Gasteiger charge is 2.19. The molecule has 0 spiro atoms. The fourth-order valence-electron chi connectivity index (χ4n) is 2.69. The van der Waals surface area contributed by atoms with Crippen molar-refractivity contribution in [3.63, 3.8) is 0 Å². The molecule has 0 aliphatic carbocycles. The van der Waals surface area contributed by atoms with Crippen molar-refractivity contribution in [1.29, 1.82) is 0 Å². The lowest BCUT2D eigenvalue weighted by atomic mass is 10.2. The van der Waals surface area contributed by atoms with Gasteiger partial charge in [-0.2, -0.15) is 0 Å². The minimum atomic E-state index is -3.88. The molecule has 3 rings (SSSR count). The molecular formula is C19H22N2O6S. The van der Waals surface area contributed by atoms with E-state index in [-0.39, 0.29) is 23.6 Å². The summed E-state index contributed by atoms with van der Waals surface area (Å²) >= 11 is 0. The minimum absolute atomic E-state index is 0.0522. The summed E-state index contributed by atoms with van der Waals surface area (Å²) in [4.78, 5) is 11.7. The fraction of sp³-hybridized carbons (Fsp3) is 0.316. The van der Waals surface area contributed by atoms with Gasteiger partial charge in [-0.3, -0.25) is 4.57 Å². The van der Waals surface area contributed by atoms with Crippen LogP contribution < -0.4 is 15.2 Å². The van der Waals surface area contributed by atoms with Crippen LogP contribution in [-0.2, 0) is 16.6 Å². The van der Waals surface area contributed by atoms with Gasteiger partial charge in [0.05, 0.1) is 10.4 Å². The van der Waals surface area contributed by atoms with E-state index in [0.29, 0.717) is 17.8 Å². The van der Waals surface area contributed by atoms with Gasteiger partial charge in [0.15, 0.2) is 5.58 Å². The summed E-state index contributed by atoms with van der Waals surface area (Å²) < 4.78 is 39.2. The van der Waals surface area contributed by atoms with Gasteiger partial charge in [-0.25, -0.2) is 17.9 Å². The topological polar surface area (TPSA) is 111 Å². The Kier molecular flexibility index (Phi) is 5.87. The number of nitrogens with zero attached hydrogens (tertiary/aromatic N) is 1. The molecule has 0 amide bonds. The van der Waals surface area contributed by atoms with Crippen LogP contribution in [0.3, 0.4) is 0 Å². The number of aryl methyl sites for hydroxylation is 2. The first-order chi connectivity index (χ1) is 13.3. The SMILES string of the molecule is CCn1c(=O)oc2cc(S(=O)(=O)NCC(O)COc3ccc(C)cc3)ccc21. The Labute approximate surface area is 162 Å². The number of oxazole rings is 1. The van der Waals surface area contributed by atoms with Gasteiger partial charge in [-0.05, 0) is 38.1 Å². The quantitative estimate of drug-likeness (QED) is 0.588. The van der Waals surface area contributed by atoms with Crippen molar-refractivity contribution < 1.29 is 22.7 Å². The Morgan fingerprint density at radius 3 is 2.61 bits per heavy atom. The molecule has 0 bridgehead atoms. The van der Waals surface area contributed by atoms with E-state index in [2.05, 4.69) is 4.72 Å². The summed E-state index contributed by atoms with van der Waals surface area (Å²) in [6.07, 6.45) is -1.03. The van der Waals surface area contributed by atoms with Gasteiger partial charge >= 0.3 is 5.76 Å². The van der Waals surface area contributed by atoms with Gasteiger partial charge in [-0.15, -0.1) is 0 Å². The lowest BCUT2D eigenvalue weighted by molar-refractivity contribution is 0.111. The number of aromatic nitrogens is 1. The van der Waals surface area contributed by atoms with E-state index in [0.717, 1.165) is 5.56 Å². The summed E-state index contributed by atoms with van der Waals surface area (Å²) in [6, 6.07) is 11.5. The van der Waals surface area contributed by atoms with Crippen molar-refractivity contribution in [2.24, 2.45) is 0 Å². The minimum Gasteiger partial charge on any atom is -0.491 e. The van der Waals surface area contributed by atoms with Crippen LogP contribution in [0.25, 0.3) is 11.1 Å². The number of fused-ring (bicyclic) bond motifs is 1. The molecule has 9 heteroatoms. The van der Waals surface area contributed by atoms with Crippen molar-refractivity contribution in [3.05, 3.63) is 58.6 Å². The van der Waals surface area contributed by atoms with Crippen LogP contribution in [0.2, 0.25) is 0 Å². The number of hydrogen-bond donors (Lipinski definition) is 2. The number of aliphatic hydroxyl groups excluding tert-OH is 1. The van der Waals surface area contributed by atoms with Crippen molar-refractivity contribution in [1.82, 2.24) is 9.29 Å². The normalized spacial score (nSPS) is 13.0. The summed E-state index contributed by atoms with van der Waals surface area (Å²) in [5, 5.41) is 10.0. The Morgan fingerprint density at radius 1 is 1.21 bits per heavy atom. The highest BCUT2D eigenvalue weighted by atomic mass is 32.2. The van der Waals surface area contributed by atoms with Crippen LogP contribution in [0, 0.1) is 6.92 Å². The first kappa shape index (κ1) is 20.1. The number of nitrogens with one attached hydrogen (secondary N) is 1. The molecule has 0 radical (unpaired) electrons. The van der Waals surface area contributed by atoms with Crippen molar-refractivity contribution in [3.8, 4) is 5.75 Å². The van der Waals surface area contributed by atoms with Crippen LogP contribution in [0.1, 0.15) is 12.5 Å². The fourth-order valence-corrected chi connectivity index (χ4v) is 3.78. The zero-order chi connectivity index (χ0) is 20.3. The zero-order valence-corrected chi connectivity index (χ0v) is 16.4. The van der Waals surface area contributed by atoms with E-state index < -0.39 is 21.9 Å². The number of hydrogen-bond acceptors (Lipinski definition) is 6. The monoisotopic (exact) mass is 406 g/mol. The molecule has 1 atom stereocenters. The van der Waals surface area contributed by atoms with Crippen LogP contribution in [0.15, 0.2) is 56.6 Å². The van der Waals surface area contributed by atoms with Gasteiger partial charge in [-0.1, -0.05) is 17.7 Å². The number of ether oxygens (including phenoxy) is 1. The average molecular weight is 406 g/mol. The maximum Gasteiger partial charge on any atom is 0.419 e. The summed E-state index contributed by atoms with van der Waals surface area (Å²) in [7, 11) is -3.88. The smallest absolute Gasteiger partial charge is 0.419 e. The Morgan fingerprint density at radius 2 is 1.93 bits per heavy atom. The van der Waals surface area contributed by atoms with Crippen LogP contribution in [-0.4, -0.2) is 37.3 Å². The van der Waals surface area contributed by atoms with E-state index >= 15 is 0 Å². The maximum absolute atomic E-state index is 12.5. The highest BCUT2D eigenvalue weighted by Crippen LogP contribution is 2.18. The summed E-state index contributed by atoms with van der Waals surface area (Å²) in [5.74, 6) is 0.0529. The highest BCUT2D eigenvalue weighted by molar-refractivity contribution is 7.89. The third-order valence-corrected chi connectivity index (χ3v) is 5.66. The number of rotatable bonds is 8. The van der Waals surface area contributed by atoms with Gasteiger partial charge in [0.25, 0.3) is 0 Å². The van der Waals surface area contributed by atoms with Crippen LogP contribution in [0.4, 0.5) is 0 Å². The van der Waals surface area contributed by atoms with E-state index in [9.17, 15) is 18.3 Å². The second kappa shape index (κ2) is 8.17.